The van der Waals surface area contributed by atoms with Gasteiger partial charge in [-0.2, -0.15) is 13.2 Å². The first-order valence-electron chi connectivity index (χ1n) is 6.21. The van der Waals surface area contributed by atoms with Crippen LogP contribution in [0.3, 0.4) is 0 Å². The molecule has 22 heavy (non-hydrogen) atoms. The van der Waals surface area contributed by atoms with Crippen molar-refractivity contribution >= 4 is 5.97 Å². The summed E-state index contributed by atoms with van der Waals surface area (Å²) in [5.74, 6) is -0.666. The number of esters is 1. The van der Waals surface area contributed by atoms with E-state index < -0.39 is 17.7 Å². The standard InChI is InChI=1S/C15H12F3NO3/c1-9-6-12(14(20)21-2)19-13(7-9)22-11-5-3-4-10(8-11)15(16,17)18/h3-8H,1-2H3. The largest absolute Gasteiger partial charge is 0.464 e. The second kappa shape index (κ2) is 6.05. The van der Waals surface area contributed by atoms with Gasteiger partial charge in [0.05, 0.1) is 12.7 Å². The molecule has 2 aromatic rings. The van der Waals surface area contributed by atoms with Crippen LogP contribution in [0, 0.1) is 6.92 Å². The molecule has 0 fully saturated rings. The number of methoxy groups -OCH3 is 1. The molecule has 116 valence electrons. The van der Waals surface area contributed by atoms with E-state index in [1.165, 1.54) is 31.4 Å². The average Bonchev–Trinajstić information content (AvgIpc) is 2.45. The maximum atomic E-state index is 12.7. The van der Waals surface area contributed by atoms with E-state index in [4.69, 9.17) is 4.74 Å². The number of rotatable bonds is 3. The fourth-order valence-electron chi connectivity index (χ4n) is 1.75. The fourth-order valence-corrected chi connectivity index (χ4v) is 1.75. The predicted molar refractivity (Wildman–Crippen MR) is 71.8 cm³/mol. The number of hydrogen-bond donors (Lipinski definition) is 0. The van der Waals surface area contributed by atoms with Crippen molar-refractivity contribution in [2.75, 3.05) is 7.11 Å². The van der Waals surface area contributed by atoms with Gasteiger partial charge < -0.3 is 9.47 Å². The maximum Gasteiger partial charge on any atom is 0.416 e. The second-order valence-electron chi connectivity index (χ2n) is 4.49. The summed E-state index contributed by atoms with van der Waals surface area (Å²) in [6.07, 6.45) is -4.46. The monoisotopic (exact) mass is 311 g/mol. The van der Waals surface area contributed by atoms with Crippen molar-refractivity contribution in [2.24, 2.45) is 0 Å². The summed E-state index contributed by atoms with van der Waals surface area (Å²) in [5.41, 5.74) is -0.146. The lowest BCUT2D eigenvalue weighted by Crippen LogP contribution is -2.06. The number of aromatic nitrogens is 1. The number of alkyl halides is 3. The Morgan fingerprint density at radius 1 is 1.18 bits per heavy atom. The molecule has 0 N–H and O–H groups in total. The van der Waals surface area contributed by atoms with E-state index in [1.807, 2.05) is 0 Å². The summed E-state index contributed by atoms with van der Waals surface area (Å²) in [6, 6.07) is 7.40. The Bertz CT molecular complexity index is 699. The van der Waals surface area contributed by atoms with Gasteiger partial charge in [0.25, 0.3) is 0 Å². The number of hydrogen-bond acceptors (Lipinski definition) is 4. The zero-order valence-corrected chi connectivity index (χ0v) is 11.8. The molecule has 0 aliphatic heterocycles. The average molecular weight is 311 g/mol. The summed E-state index contributed by atoms with van der Waals surface area (Å²) >= 11 is 0. The molecule has 0 unspecified atom stereocenters. The number of nitrogens with zero attached hydrogens (tertiary/aromatic N) is 1. The molecule has 0 saturated carbocycles. The van der Waals surface area contributed by atoms with Gasteiger partial charge in [-0.25, -0.2) is 9.78 Å². The van der Waals surface area contributed by atoms with E-state index in [0.29, 0.717) is 5.56 Å². The minimum atomic E-state index is -4.46. The molecular formula is C15H12F3NO3. The van der Waals surface area contributed by atoms with Crippen LogP contribution in [0.5, 0.6) is 11.6 Å². The quantitative estimate of drug-likeness (QED) is 0.804. The van der Waals surface area contributed by atoms with Gasteiger partial charge in [-0.05, 0) is 36.8 Å². The molecule has 1 aromatic heterocycles. The summed E-state index contributed by atoms with van der Waals surface area (Å²) in [6.45, 7) is 1.70. The van der Waals surface area contributed by atoms with Crippen molar-refractivity contribution in [2.45, 2.75) is 13.1 Å². The molecular weight excluding hydrogens is 299 g/mol. The smallest absolute Gasteiger partial charge is 0.416 e. The number of carbonyl (C=O) groups excluding carboxylic acids is 1. The van der Waals surface area contributed by atoms with E-state index in [2.05, 4.69) is 9.72 Å². The van der Waals surface area contributed by atoms with Gasteiger partial charge in [0.2, 0.25) is 5.88 Å². The number of halogens is 3. The molecule has 1 aromatic carbocycles. The number of benzene rings is 1. The zero-order chi connectivity index (χ0) is 16.3. The van der Waals surface area contributed by atoms with Gasteiger partial charge in [-0.1, -0.05) is 6.07 Å². The van der Waals surface area contributed by atoms with Crippen molar-refractivity contribution in [3.05, 3.63) is 53.2 Å². The summed E-state index contributed by atoms with van der Waals surface area (Å²) < 4.78 is 47.8. The molecule has 0 aliphatic carbocycles. The minimum absolute atomic E-state index is 0.0136. The number of ether oxygens (including phenoxy) is 2. The summed E-state index contributed by atoms with van der Waals surface area (Å²) in [7, 11) is 1.21. The molecule has 7 heteroatoms. The number of carbonyl (C=O) groups is 1. The Hall–Kier alpha value is -2.57. The fraction of sp³-hybridized carbons (Fsp3) is 0.200. The van der Waals surface area contributed by atoms with E-state index >= 15 is 0 Å². The molecule has 0 aliphatic rings. The molecule has 0 saturated heterocycles. The first kappa shape index (κ1) is 15.8. The van der Waals surface area contributed by atoms with Gasteiger partial charge in [-0.3, -0.25) is 0 Å². The van der Waals surface area contributed by atoms with E-state index in [1.54, 1.807) is 6.92 Å². The molecule has 1 heterocycles. The molecule has 0 spiro atoms. The van der Waals surface area contributed by atoms with Gasteiger partial charge in [0.1, 0.15) is 5.75 Å². The SMILES string of the molecule is COC(=O)c1cc(C)cc(Oc2cccc(C(F)(F)F)c2)n1. The number of pyridine rings is 1. The summed E-state index contributed by atoms with van der Waals surface area (Å²) in [4.78, 5) is 15.4. The predicted octanol–water partition coefficient (Wildman–Crippen LogP) is 3.99. The Labute approximate surface area is 124 Å². The third-order valence-corrected chi connectivity index (χ3v) is 2.72. The third kappa shape index (κ3) is 3.75. The summed E-state index contributed by atoms with van der Waals surface area (Å²) in [5, 5.41) is 0. The van der Waals surface area contributed by atoms with Crippen LogP contribution in [0.1, 0.15) is 21.6 Å². The highest BCUT2D eigenvalue weighted by atomic mass is 19.4. The molecule has 0 amide bonds. The van der Waals surface area contributed by atoms with Gasteiger partial charge in [-0.15, -0.1) is 0 Å². The van der Waals surface area contributed by atoms with Crippen LogP contribution in [-0.2, 0) is 10.9 Å². The Kier molecular flexibility index (Phi) is 4.35. The molecule has 2 rings (SSSR count). The van der Waals surface area contributed by atoms with Crippen molar-refractivity contribution < 1.29 is 27.4 Å². The van der Waals surface area contributed by atoms with Crippen LogP contribution in [0.2, 0.25) is 0 Å². The van der Waals surface area contributed by atoms with E-state index in [0.717, 1.165) is 12.1 Å². The first-order valence-corrected chi connectivity index (χ1v) is 6.21. The van der Waals surface area contributed by atoms with E-state index in [9.17, 15) is 18.0 Å². The highest BCUT2D eigenvalue weighted by Gasteiger charge is 2.30. The van der Waals surface area contributed by atoms with Crippen molar-refractivity contribution in [1.29, 1.82) is 0 Å². The van der Waals surface area contributed by atoms with Gasteiger partial charge >= 0.3 is 12.1 Å². The minimum Gasteiger partial charge on any atom is -0.464 e. The Balaban J connectivity index is 2.31. The van der Waals surface area contributed by atoms with Crippen LogP contribution in [0.25, 0.3) is 0 Å². The highest BCUT2D eigenvalue weighted by molar-refractivity contribution is 5.87. The molecule has 0 atom stereocenters. The third-order valence-electron chi connectivity index (χ3n) is 2.72. The second-order valence-corrected chi connectivity index (χ2v) is 4.49. The lowest BCUT2D eigenvalue weighted by molar-refractivity contribution is -0.137. The lowest BCUT2D eigenvalue weighted by atomic mass is 10.2. The normalized spacial score (nSPS) is 11.1. The van der Waals surface area contributed by atoms with Crippen LogP contribution in [0.15, 0.2) is 36.4 Å². The first-order chi connectivity index (χ1) is 10.3. The van der Waals surface area contributed by atoms with Crippen LogP contribution in [-0.4, -0.2) is 18.1 Å². The van der Waals surface area contributed by atoms with Crippen LogP contribution >= 0.6 is 0 Å². The zero-order valence-electron chi connectivity index (χ0n) is 11.8. The van der Waals surface area contributed by atoms with E-state index in [-0.39, 0.29) is 17.3 Å². The van der Waals surface area contributed by atoms with Crippen molar-refractivity contribution in [3.8, 4) is 11.6 Å². The molecule has 0 radical (unpaired) electrons. The topological polar surface area (TPSA) is 48.4 Å². The van der Waals surface area contributed by atoms with Crippen molar-refractivity contribution in [3.63, 3.8) is 0 Å². The van der Waals surface area contributed by atoms with Crippen molar-refractivity contribution in [1.82, 2.24) is 4.98 Å². The van der Waals surface area contributed by atoms with Crippen LogP contribution < -0.4 is 4.74 Å². The Morgan fingerprint density at radius 3 is 2.55 bits per heavy atom. The lowest BCUT2D eigenvalue weighted by Gasteiger charge is -2.10. The number of aryl methyl sites for hydroxylation is 1. The molecule has 0 bridgehead atoms. The van der Waals surface area contributed by atoms with Gasteiger partial charge in [0, 0.05) is 6.07 Å². The maximum absolute atomic E-state index is 12.7. The molecule has 4 nitrogen and oxygen atoms in total. The highest BCUT2D eigenvalue weighted by Crippen LogP contribution is 2.32. The van der Waals surface area contributed by atoms with Crippen LogP contribution in [0.4, 0.5) is 13.2 Å². The van der Waals surface area contributed by atoms with Gasteiger partial charge in [0.15, 0.2) is 5.69 Å². The Morgan fingerprint density at radius 2 is 1.91 bits per heavy atom.